The quantitative estimate of drug-likeness (QED) is 0.868. The van der Waals surface area contributed by atoms with Crippen LogP contribution in [0.2, 0.25) is 0 Å². The number of rotatable bonds is 3. The normalized spacial score (nSPS) is 13.6. The van der Waals surface area contributed by atoms with E-state index in [-0.39, 0.29) is 12.0 Å². The number of amides is 2. The predicted molar refractivity (Wildman–Crippen MR) is 94.9 cm³/mol. The largest absolute Gasteiger partial charge is 0.453 e. The molecule has 124 valence electrons. The van der Waals surface area contributed by atoms with Gasteiger partial charge in [-0.2, -0.15) is 11.3 Å². The van der Waals surface area contributed by atoms with E-state index in [1.165, 1.54) is 18.7 Å². The van der Waals surface area contributed by atoms with E-state index in [2.05, 4.69) is 5.32 Å². The molecule has 1 aliphatic heterocycles. The molecule has 0 aliphatic carbocycles. The molecule has 0 saturated carbocycles. The molecule has 0 bridgehead atoms. The van der Waals surface area contributed by atoms with Gasteiger partial charge >= 0.3 is 6.09 Å². The van der Waals surface area contributed by atoms with Crippen molar-refractivity contribution < 1.29 is 14.3 Å². The third-order valence-corrected chi connectivity index (χ3v) is 4.59. The summed E-state index contributed by atoms with van der Waals surface area (Å²) in [5.74, 6) is -0.179. The summed E-state index contributed by atoms with van der Waals surface area (Å²) >= 11 is 1.59. The Hall–Kier alpha value is -2.60. The summed E-state index contributed by atoms with van der Waals surface area (Å²) in [5, 5.41) is 6.80. The summed E-state index contributed by atoms with van der Waals surface area (Å²) in [6.07, 6.45) is 3.76. The maximum Gasteiger partial charge on any atom is 0.409 e. The van der Waals surface area contributed by atoms with Crippen molar-refractivity contribution in [1.29, 1.82) is 0 Å². The van der Waals surface area contributed by atoms with E-state index in [0.717, 1.165) is 23.2 Å². The Labute approximate surface area is 144 Å². The number of carbonyl (C=O) groups is 2. The molecular formula is C18H18N2O3S. The maximum absolute atomic E-state index is 12.0. The van der Waals surface area contributed by atoms with E-state index < -0.39 is 0 Å². The molecule has 5 nitrogen and oxygen atoms in total. The number of nitrogens with zero attached hydrogens (tertiary/aromatic N) is 1. The first-order valence-corrected chi connectivity index (χ1v) is 8.56. The zero-order valence-corrected chi connectivity index (χ0v) is 14.1. The van der Waals surface area contributed by atoms with Crippen molar-refractivity contribution in [3.63, 3.8) is 0 Å². The summed E-state index contributed by atoms with van der Waals surface area (Å²) in [6.45, 7) is 1.14. The second-order valence-electron chi connectivity index (χ2n) is 5.50. The van der Waals surface area contributed by atoms with Crippen LogP contribution in [0.25, 0.3) is 6.08 Å². The van der Waals surface area contributed by atoms with Gasteiger partial charge in [0, 0.05) is 24.9 Å². The number of ether oxygens (including phenoxy) is 1. The van der Waals surface area contributed by atoms with Crippen LogP contribution in [0.3, 0.4) is 0 Å². The van der Waals surface area contributed by atoms with Crippen molar-refractivity contribution in [3.8, 4) is 0 Å². The minimum atomic E-state index is -0.325. The highest BCUT2D eigenvalue weighted by molar-refractivity contribution is 7.08. The van der Waals surface area contributed by atoms with Crippen LogP contribution in [0.5, 0.6) is 0 Å². The Balaban J connectivity index is 1.67. The predicted octanol–water partition coefficient (Wildman–Crippen LogP) is 3.52. The fraction of sp³-hybridized carbons (Fsp3) is 0.222. The highest BCUT2D eigenvalue weighted by Crippen LogP contribution is 2.23. The van der Waals surface area contributed by atoms with E-state index in [1.54, 1.807) is 22.3 Å². The lowest BCUT2D eigenvalue weighted by Crippen LogP contribution is -2.35. The van der Waals surface area contributed by atoms with Crippen LogP contribution in [0.15, 0.2) is 41.1 Å². The smallest absolute Gasteiger partial charge is 0.409 e. The molecule has 1 aromatic carbocycles. The Morgan fingerprint density at radius 2 is 2.17 bits per heavy atom. The highest BCUT2D eigenvalue weighted by Gasteiger charge is 2.21. The van der Waals surface area contributed by atoms with Crippen molar-refractivity contribution in [2.75, 3.05) is 19.0 Å². The van der Waals surface area contributed by atoms with Gasteiger partial charge in [0.05, 0.1) is 7.11 Å². The molecule has 2 amide bonds. The fourth-order valence-electron chi connectivity index (χ4n) is 2.65. The van der Waals surface area contributed by atoms with Gasteiger partial charge < -0.3 is 15.0 Å². The van der Waals surface area contributed by atoms with Crippen LogP contribution in [-0.2, 0) is 22.5 Å². The van der Waals surface area contributed by atoms with Crippen LogP contribution in [0, 0.1) is 0 Å². The summed E-state index contributed by atoms with van der Waals surface area (Å²) < 4.78 is 4.78. The Morgan fingerprint density at radius 1 is 1.29 bits per heavy atom. The minimum Gasteiger partial charge on any atom is -0.453 e. The third kappa shape index (κ3) is 3.83. The van der Waals surface area contributed by atoms with Gasteiger partial charge in [-0.15, -0.1) is 0 Å². The Morgan fingerprint density at radius 3 is 2.92 bits per heavy atom. The standard InChI is InChI=1S/C18H18N2O3S/c1-23-18(22)20-8-6-14-3-4-16(10-15(14)11-20)19-17(21)5-2-13-7-9-24-12-13/h2-5,7,9-10,12H,6,8,11H2,1H3,(H,19,21)/b5-2+. The van der Waals surface area contributed by atoms with Crippen LogP contribution in [0.4, 0.5) is 10.5 Å². The second kappa shape index (κ2) is 7.31. The first kappa shape index (κ1) is 16.3. The van der Waals surface area contributed by atoms with Crippen molar-refractivity contribution in [1.82, 2.24) is 4.90 Å². The monoisotopic (exact) mass is 342 g/mol. The summed E-state index contributed by atoms with van der Waals surface area (Å²) in [5.41, 5.74) is 3.96. The zero-order chi connectivity index (χ0) is 16.9. The first-order chi connectivity index (χ1) is 11.7. The van der Waals surface area contributed by atoms with E-state index in [9.17, 15) is 9.59 Å². The number of carbonyl (C=O) groups excluding carboxylic acids is 2. The number of benzene rings is 1. The van der Waals surface area contributed by atoms with E-state index in [1.807, 2.05) is 35.0 Å². The van der Waals surface area contributed by atoms with Gasteiger partial charge in [-0.3, -0.25) is 4.79 Å². The van der Waals surface area contributed by atoms with Gasteiger partial charge in [-0.1, -0.05) is 6.07 Å². The second-order valence-corrected chi connectivity index (χ2v) is 6.28. The van der Waals surface area contributed by atoms with Crippen LogP contribution < -0.4 is 5.32 Å². The van der Waals surface area contributed by atoms with Crippen LogP contribution in [-0.4, -0.2) is 30.6 Å². The van der Waals surface area contributed by atoms with Crippen LogP contribution in [0.1, 0.15) is 16.7 Å². The molecule has 0 spiro atoms. The lowest BCUT2D eigenvalue weighted by atomic mass is 9.99. The minimum absolute atomic E-state index is 0.179. The molecule has 0 unspecified atom stereocenters. The molecule has 3 rings (SSSR count). The van der Waals surface area contributed by atoms with Gasteiger partial charge in [-0.05, 0) is 58.1 Å². The number of fused-ring (bicyclic) bond motifs is 1. The SMILES string of the molecule is COC(=O)N1CCc2ccc(NC(=O)/C=C/c3ccsc3)cc2C1. The number of nitrogens with one attached hydrogen (secondary N) is 1. The van der Waals surface area contributed by atoms with Gasteiger partial charge in [0.2, 0.25) is 5.91 Å². The molecule has 1 aliphatic rings. The van der Waals surface area contributed by atoms with Crippen molar-refractivity contribution >= 4 is 35.1 Å². The third-order valence-electron chi connectivity index (χ3n) is 3.89. The molecule has 2 heterocycles. The fourth-order valence-corrected chi connectivity index (χ4v) is 3.27. The Bertz CT molecular complexity index is 769. The summed E-state index contributed by atoms with van der Waals surface area (Å²) in [7, 11) is 1.38. The van der Waals surface area contributed by atoms with Crippen LogP contribution >= 0.6 is 11.3 Å². The molecule has 0 radical (unpaired) electrons. The van der Waals surface area contributed by atoms with Gasteiger partial charge in [-0.25, -0.2) is 4.79 Å². The topological polar surface area (TPSA) is 58.6 Å². The van der Waals surface area contributed by atoms with E-state index in [0.29, 0.717) is 13.1 Å². The van der Waals surface area contributed by atoms with E-state index in [4.69, 9.17) is 4.74 Å². The first-order valence-electron chi connectivity index (χ1n) is 7.61. The number of hydrogen-bond donors (Lipinski definition) is 1. The summed E-state index contributed by atoms with van der Waals surface area (Å²) in [4.78, 5) is 25.3. The van der Waals surface area contributed by atoms with Crippen molar-refractivity contribution in [2.24, 2.45) is 0 Å². The van der Waals surface area contributed by atoms with E-state index >= 15 is 0 Å². The molecule has 2 aromatic rings. The summed E-state index contributed by atoms with van der Waals surface area (Å²) in [6, 6.07) is 7.76. The molecular weight excluding hydrogens is 324 g/mol. The van der Waals surface area contributed by atoms with Gasteiger partial charge in [0.1, 0.15) is 0 Å². The molecule has 0 saturated heterocycles. The molecule has 0 fully saturated rings. The lowest BCUT2D eigenvalue weighted by Gasteiger charge is -2.28. The number of anilines is 1. The average molecular weight is 342 g/mol. The highest BCUT2D eigenvalue weighted by atomic mass is 32.1. The molecule has 1 N–H and O–H groups in total. The van der Waals surface area contributed by atoms with Gasteiger partial charge in [0.25, 0.3) is 0 Å². The van der Waals surface area contributed by atoms with Crippen molar-refractivity contribution in [2.45, 2.75) is 13.0 Å². The lowest BCUT2D eigenvalue weighted by molar-refractivity contribution is -0.111. The molecule has 6 heteroatoms. The van der Waals surface area contributed by atoms with Crippen molar-refractivity contribution in [3.05, 3.63) is 57.8 Å². The zero-order valence-electron chi connectivity index (χ0n) is 13.3. The molecule has 24 heavy (non-hydrogen) atoms. The average Bonchev–Trinajstić information content (AvgIpc) is 3.12. The molecule has 0 atom stereocenters. The van der Waals surface area contributed by atoms with Gasteiger partial charge in [0.15, 0.2) is 0 Å². The molecule has 1 aromatic heterocycles. The Kier molecular flexibility index (Phi) is 4.96. The number of methoxy groups -OCH3 is 1. The number of thiophene rings is 1. The number of hydrogen-bond acceptors (Lipinski definition) is 4. The maximum atomic E-state index is 12.0.